The molecule has 0 fully saturated rings. The van der Waals surface area contributed by atoms with Gasteiger partial charge in [-0.05, 0) is 0 Å². The van der Waals surface area contributed by atoms with Crippen molar-refractivity contribution in [3.63, 3.8) is 0 Å². The molecule has 0 aliphatic heterocycles. The fraction of sp³-hybridized carbons (Fsp3) is 0. The van der Waals surface area contributed by atoms with E-state index in [9.17, 15) is 0 Å². The largest absolute Gasteiger partial charge is 1.00 e. The van der Waals surface area contributed by atoms with E-state index in [0.29, 0.717) is 0 Å². The van der Waals surface area contributed by atoms with Gasteiger partial charge in [-0.3, -0.25) is 0 Å². The van der Waals surface area contributed by atoms with E-state index in [4.69, 9.17) is 151 Å². The van der Waals surface area contributed by atoms with Gasteiger partial charge in [-0.1, -0.05) is 0 Å². The molecular weight excluding hydrogens is 643 g/mol. The van der Waals surface area contributed by atoms with Crippen molar-refractivity contribution in [2.75, 3.05) is 0 Å². The molecule has 0 aromatic carbocycles. The molecule has 0 spiro atoms. The van der Waals surface area contributed by atoms with Gasteiger partial charge in [0.1, 0.15) is 0 Å². The summed E-state index contributed by atoms with van der Waals surface area (Å²) in [5, 5.41) is 215. The Morgan fingerprint density at radius 2 is 0.167 bits per heavy atom. The summed E-state index contributed by atoms with van der Waals surface area (Å²) in [6.45, 7) is 0. The van der Waals surface area contributed by atoms with Crippen LogP contribution in [0, 0.1) is 0 Å². The van der Waals surface area contributed by atoms with Gasteiger partial charge in [0.15, 0.2) is 0 Å². The molecule has 0 aliphatic rings. The molecular formula is H33B10NaO30S. The topological polar surface area (TPSA) is 607 Å². The van der Waals surface area contributed by atoms with Crippen LogP contribution in [0.3, 0.4) is 0 Å². The normalized spacial score (nSPS) is 6.43. The van der Waals surface area contributed by atoms with Crippen molar-refractivity contribution in [3.05, 3.63) is 0 Å². The zero-order valence-electron chi connectivity index (χ0n) is 21.7. The Labute approximate surface area is 268 Å². The Kier molecular flexibility index (Phi) is 138. The van der Waals surface area contributed by atoms with Gasteiger partial charge in [-0.25, -0.2) is 0 Å². The minimum atomic E-state index is -2.17. The van der Waals surface area contributed by atoms with Crippen molar-refractivity contribution in [2.45, 2.75) is 0 Å². The molecule has 0 unspecified atom stereocenters. The van der Waals surface area contributed by atoms with Crippen LogP contribution in [0.2, 0.25) is 0 Å². The maximum atomic E-state index is 7.17. The molecule has 0 atom stereocenters. The van der Waals surface area contributed by atoms with Crippen molar-refractivity contribution in [1.29, 1.82) is 0 Å². The molecule has 0 amide bonds. The predicted octanol–water partition coefficient (Wildman–Crippen LogP) is -23.3. The maximum Gasteiger partial charge on any atom is 1.00 e. The molecule has 30 nitrogen and oxygen atoms in total. The van der Waals surface area contributed by atoms with Gasteiger partial charge in [0.2, 0.25) is 0 Å². The van der Waals surface area contributed by atoms with Gasteiger partial charge < -0.3 is 152 Å². The van der Waals surface area contributed by atoms with Gasteiger partial charge >= 0.3 is 103 Å². The second-order valence-corrected chi connectivity index (χ2v) is 3.46. The van der Waals surface area contributed by atoms with Crippen LogP contribution in [0.4, 0.5) is 0 Å². The van der Waals surface area contributed by atoms with E-state index in [1.54, 1.807) is 0 Å². The van der Waals surface area contributed by atoms with E-state index >= 15 is 0 Å². The first-order chi connectivity index (χ1) is 17.3. The van der Waals surface area contributed by atoms with E-state index in [0.717, 1.165) is 0 Å². The molecule has 0 aromatic heterocycles. The summed E-state index contributed by atoms with van der Waals surface area (Å²) in [6, 6.07) is 0. The van der Waals surface area contributed by atoms with Crippen LogP contribution in [0.25, 0.3) is 0 Å². The third kappa shape index (κ3) is 101000. The molecule has 0 radical (unpaired) electrons. The maximum absolute atomic E-state index is 7.17. The molecule has 0 heterocycles. The second-order valence-electron chi connectivity index (χ2n) is 3.46. The zero-order chi connectivity index (χ0) is 35.8. The Bertz CT molecular complexity index is 200. The third-order valence-corrected chi connectivity index (χ3v) is 0. The Hall–Kier alpha value is 0.799. The molecule has 0 rings (SSSR count). The van der Waals surface area contributed by atoms with Crippen LogP contribution in [0.15, 0.2) is 0 Å². The van der Waals surface area contributed by atoms with Crippen LogP contribution in [-0.4, -0.2) is 224 Å². The number of hydrogen-bond acceptors (Lipinski definition) is 30. The summed E-state index contributed by atoms with van der Waals surface area (Å²) in [6.07, 6.45) is 0. The van der Waals surface area contributed by atoms with Crippen LogP contribution in [0.1, 0.15) is 1.43 Å². The van der Waals surface area contributed by atoms with E-state index in [1.807, 2.05) is 0 Å². The van der Waals surface area contributed by atoms with Crippen molar-refractivity contribution in [2.24, 2.45) is 0 Å². The van der Waals surface area contributed by atoms with E-state index in [2.05, 4.69) is 0 Å². The molecule has 0 aliphatic carbocycles. The summed E-state index contributed by atoms with van der Waals surface area (Å²) < 4.78 is 0. The summed E-state index contributed by atoms with van der Waals surface area (Å²) in [7, 11) is -21.7. The summed E-state index contributed by atoms with van der Waals surface area (Å²) in [5.41, 5.74) is 0. The fourth-order valence-corrected chi connectivity index (χ4v) is 0. The van der Waals surface area contributed by atoms with Crippen molar-refractivity contribution >= 4 is 86.7 Å². The van der Waals surface area contributed by atoms with Gasteiger partial charge in [-0.2, -0.15) is 13.5 Å². The Morgan fingerprint density at radius 3 is 0.167 bits per heavy atom. The summed E-state index contributed by atoms with van der Waals surface area (Å²) in [5.74, 6) is 0. The SMILES string of the molecule is OB(O)O.OB(O)O.OB(O)O.OB(O)O.OB(O)O.OB(O)O.OB(O)O.OB(O)O.OB(O)O.OB(O)O.S.[H-].[Na+]. The number of hydrogen-bond donors (Lipinski definition) is 30. The Morgan fingerprint density at radius 1 is 0.167 bits per heavy atom. The first-order valence-electron chi connectivity index (χ1n) is 7.75. The zero-order valence-corrected chi connectivity index (χ0v) is 23.7. The first kappa shape index (κ1) is 78.8. The monoisotopic (exact) mass is 678 g/mol. The molecule has 0 saturated carbocycles. The first-order valence-corrected chi connectivity index (χ1v) is 7.75. The molecule has 42 heavy (non-hydrogen) atoms. The minimum absolute atomic E-state index is 0. The average Bonchev–Trinajstić information content (AvgIpc) is 2.47. The summed E-state index contributed by atoms with van der Waals surface area (Å²) in [4.78, 5) is 0. The van der Waals surface area contributed by atoms with Crippen molar-refractivity contribution in [1.82, 2.24) is 0 Å². The van der Waals surface area contributed by atoms with E-state index < -0.39 is 73.2 Å². The molecule has 30 N–H and O–H groups in total. The van der Waals surface area contributed by atoms with Gasteiger partial charge in [0, 0.05) is 0 Å². The predicted molar refractivity (Wildman–Crippen MR) is 136 cm³/mol. The molecule has 0 bridgehead atoms. The quantitative estimate of drug-likeness (QED) is 0.106. The molecule has 42 heteroatoms. The smallest absolute Gasteiger partial charge is 1.00 e. The summed E-state index contributed by atoms with van der Waals surface area (Å²) >= 11 is 0. The number of rotatable bonds is 0. The van der Waals surface area contributed by atoms with Crippen LogP contribution in [0.5, 0.6) is 0 Å². The van der Waals surface area contributed by atoms with Crippen molar-refractivity contribution < 1.29 is 182 Å². The van der Waals surface area contributed by atoms with Crippen LogP contribution in [-0.2, 0) is 0 Å². The van der Waals surface area contributed by atoms with Gasteiger partial charge in [0.25, 0.3) is 0 Å². The van der Waals surface area contributed by atoms with Gasteiger partial charge in [-0.15, -0.1) is 0 Å². The molecule has 250 valence electrons. The minimum Gasteiger partial charge on any atom is -1.00 e. The van der Waals surface area contributed by atoms with Gasteiger partial charge in [0.05, 0.1) is 0 Å². The van der Waals surface area contributed by atoms with Crippen LogP contribution >= 0.6 is 13.5 Å². The molecule has 0 saturated heterocycles. The second kappa shape index (κ2) is 73.3. The fourth-order valence-electron chi connectivity index (χ4n) is 0. The average molecular weight is 676 g/mol. The van der Waals surface area contributed by atoms with Crippen molar-refractivity contribution in [3.8, 4) is 0 Å². The van der Waals surface area contributed by atoms with E-state index in [-0.39, 0.29) is 44.5 Å². The Balaban J connectivity index is -0.0000000210. The third-order valence-electron chi connectivity index (χ3n) is 0. The molecule has 0 aromatic rings. The van der Waals surface area contributed by atoms with E-state index in [1.165, 1.54) is 0 Å². The van der Waals surface area contributed by atoms with Crippen LogP contribution < -0.4 is 29.6 Å². The standard InChI is InChI=1S/10BH3O3.Na.H2S.H/c10*2-1(3)4;;;/h10*2-4H;;1H2;/q;;;;;;;;;;+1;;-1.